The molecule has 6 nitrogen and oxygen atoms in total. The molecule has 3 rings (SSSR count). The first-order chi connectivity index (χ1) is 12.6. The van der Waals surface area contributed by atoms with Crippen molar-refractivity contribution in [1.29, 1.82) is 0 Å². The molecule has 0 aliphatic heterocycles. The Labute approximate surface area is 156 Å². The Balaban J connectivity index is 1.68. The normalized spacial score (nSPS) is 10.5. The van der Waals surface area contributed by atoms with E-state index < -0.39 is 0 Å². The molecule has 0 spiro atoms. The quantitative estimate of drug-likeness (QED) is 0.646. The van der Waals surface area contributed by atoms with Crippen LogP contribution in [0.5, 0.6) is 5.75 Å². The SMILES string of the molecule is COc1ccc(NC(=O)CCn2c(-c3cccc(C)c3)n[nH]c2=S)cc1. The van der Waals surface area contributed by atoms with Gasteiger partial charge in [-0.25, -0.2) is 0 Å². The fraction of sp³-hybridized carbons (Fsp3) is 0.211. The lowest BCUT2D eigenvalue weighted by atomic mass is 10.1. The highest BCUT2D eigenvalue weighted by atomic mass is 32.1. The van der Waals surface area contributed by atoms with Crippen LogP contribution >= 0.6 is 12.2 Å². The van der Waals surface area contributed by atoms with Gasteiger partial charge in [-0.15, -0.1) is 0 Å². The summed E-state index contributed by atoms with van der Waals surface area (Å²) >= 11 is 5.31. The summed E-state index contributed by atoms with van der Waals surface area (Å²) in [7, 11) is 1.61. The van der Waals surface area contributed by atoms with Gasteiger partial charge in [0.1, 0.15) is 5.75 Å². The number of hydrogen-bond donors (Lipinski definition) is 2. The summed E-state index contributed by atoms with van der Waals surface area (Å²) in [4.78, 5) is 12.3. The number of nitrogens with one attached hydrogen (secondary N) is 2. The van der Waals surface area contributed by atoms with Crippen LogP contribution in [-0.2, 0) is 11.3 Å². The fourth-order valence-corrected chi connectivity index (χ4v) is 2.86. The van der Waals surface area contributed by atoms with Crippen molar-refractivity contribution in [3.8, 4) is 17.1 Å². The minimum absolute atomic E-state index is 0.0894. The third kappa shape index (κ3) is 4.18. The molecule has 2 N–H and O–H groups in total. The van der Waals surface area contributed by atoms with Crippen molar-refractivity contribution in [2.24, 2.45) is 0 Å². The van der Waals surface area contributed by atoms with Crippen molar-refractivity contribution in [3.63, 3.8) is 0 Å². The van der Waals surface area contributed by atoms with Gasteiger partial charge in [-0.2, -0.15) is 5.10 Å². The number of carbonyl (C=O) groups excluding carboxylic acids is 1. The van der Waals surface area contributed by atoms with E-state index in [1.54, 1.807) is 31.4 Å². The zero-order valence-corrected chi connectivity index (χ0v) is 15.5. The highest BCUT2D eigenvalue weighted by molar-refractivity contribution is 7.71. The molecule has 0 aliphatic rings. The lowest BCUT2D eigenvalue weighted by Crippen LogP contribution is -2.15. The van der Waals surface area contributed by atoms with Crippen LogP contribution in [0.4, 0.5) is 5.69 Å². The Morgan fingerprint density at radius 1 is 1.27 bits per heavy atom. The molecular weight excluding hydrogens is 348 g/mol. The Bertz CT molecular complexity index is 960. The maximum absolute atomic E-state index is 12.3. The van der Waals surface area contributed by atoms with Crippen LogP contribution in [0.15, 0.2) is 48.5 Å². The number of ether oxygens (including phenoxy) is 1. The van der Waals surface area contributed by atoms with Gasteiger partial charge in [0.05, 0.1) is 7.11 Å². The molecule has 3 aromatic rings. The van der Waals surface area contributed by atoms with Crippen LogP contribution in [0.2, 0.25) is 0 Å². The summed E-state index contributed by atoms with van der Waals surface area (Å²) in [5.74, 6) is 1.39. The molecule has 0 atom stereocenters. The van der Waals surface area contributed by atoms with Gasteiger partial charge in [0, 0.05) is 24.2 Å². The Morgan fingerprint density at radius 2 is 2.04 bits per heavy atom. The summed E-state index contributed by atoms with van der Waals surface area (Å²) in [6.45, 7) is 2.47. The molecule has 1 heterocycles. The van der Waals surface area contributed by atoms with E-state index in [9.17, 15) is 4.79 Å². The molecular formula is C19H20N4O2S. The first-order valence-electron chi connectivity index (χ1n) is 8.23. The number of H-pyrrole nitrogens is 1. The van der Waals surface area contributed by atoms with E-state index in [1.165, 1.54) is 0 Å². The van der Waals surface area contributed by atoms with E-state index in [1.807, 2.05) is 35.8 Å². The predicted molar refractivity (Wildman–Crippen MR) is 104 cm³/mol. The van der Waals surface area contributed by atoms with Crippen molar-refractivity contribution >= 4 is 23.8 Å². The second-order valence-electron chi connectivity index (χ2n) is 5.90. The Hall–Kier alpha value is -2.93. The Morgan fingerprint density at radius 3 is 2.73 bits per heavy atom. The van der Waals surface area contributed by atoms with Gasteiger partial charge in [-0.05, 0) is 49.5 Å². The highest BCUT2D eigenvalue weighted by Crippen LogP contribution is 2.19. The summed E-state index contributed by atoms with van der Waals surface area (Å²) in [6.07, 6.45) is 0.290. The zero-order chi connectivity index (χ0) is 18.5. The summed E-state index contributed by atoms with van der Waals surface area (Å²) in [5, 5.41) is 9.99. The van der Waals surface area contributed by atoms with E-state index in [4.69, 9.17) is 17.0 Å². The third-order valence-corrected chi connectivity index (χ3v) is 4.28. The number of anilines is 1. The second kappa shape index (κ2) is 7.97. The van der Waals surface area contributed by atoms with Gasteiger partial charge >= 0.3 is 0 Å². The van der Waals surface area contributed by atoms with Crippen LogP contribution < -0.4 is 10.1 Å². The van der Waals surface area contributed by atoms with Crippen LogP contribution in [0.1, 0.15) is 12.0 Å². The zero-order valence-electron chi connectivity index (χ0n) is 14.7. The number of amides is 1. The van der Waals surface area contributed by atoms with E-state index in [2.05, 4.69) is 15.5 Å². The van der Waals surface area contributed by atoms with Gasteiger partial charge < -0.3 is 10.1 Å². The average molecular weight is 368 g/mol. The number of rotatable bonds is 6. The minimum Gasteiger partial charge on any atom is -0.497 e. The van der Waals surface area contributed by atoms with Gasteiger partial charge in [-0.3, -0.25) is 14.5 Å². The standard InChI is InChI=1S/C19H20N4O2S/c1-13-4-3-5-14(12-13)18-21-22-19(26)23(18)11-10-17(24)20-15-6-8-16(25-2)9-7-15/h3-9,12H,10-11H2,1-2H3,(H,20,24)(H,22,26). The molecule has 0 aliphatic carbocycles. The van der Waals surface area contributed by atoms with E-state index in [0.29, 0.717) is 17.7 Å². The first kappa shape index (κ1) is 17.9. The molecule has 134 valence electrons. The number of nitrogens with zero attached hydrogens (tertiary/aromatic N) is 2. The smallest absolute Gasteiger partial charge is 0.226 e. The maximum atomic E-state index is 12.3. The first-order valence-corrected chi connectivity index (χ1v) is 8.64. The van der Waals surface area contributed by atoms with Crippen LogP contribution in [0.3, 0.4) is 0 Å². The number of benzene rings is 2. The van der Waals surface area contributed by atoms with Gasteiger partial charge in [0.2, 0.25) is 5.91 Å². The van der Waals surface area contributed by atoms with Gasteiger partial charge in [0.15, 0.2) is 10.6 Å². The van der Waals surface area contributed by atoms with Crippen LogP contribution in [-0.4, -0.2) is 27.8 Å². The predicted octanol–water partition coefficient (Wildman–Crippen LogP) is 3.95. The third-order valence-electron chi connectivity index (χ3n) is 3.97. The summed E-state index contributed by atoms with van der Waals surface area (Å²) < 4.78 is 7.45. The lowest BCUT2D eigenvalue weighted by Gasteiger charge is -2.09. The number of aromatic amines is 1. The molecule has 7 heteroatoms. The maximum Gasteiger partial charge on any atom is 0.226 e. The molecule has 0 fully saturated rings. The topological polar surface area (TPSA) is 71.9 Å². The molecule has 0 radical (unpaired) electrons. The number of methoxy groups -OCH3 is 1. The van der Waals surface area contributed by atoms with E-state index >= 15 is 0 Å². The summed E-state index contributed by atoms with van der Waals surface area (Å²) in [6, 6.07) is 15.2. The van der Waals surface area contributed by atoms with Crippen molar-refractivity contribution < 1.29 is 9.53 Å². The number of aromatic nitrogens is 3. The van der Waals surface area contributed by atoms with Crippen molar-refractivity contribution in [3.05, 3.63) is 58.9 Å². The van der Waals surface area contributed by atoms with E-state index in [0.717, 1.165) is 28.4 Å². The monoisotopic (exact) mass is 368 g/mol. The molecule has 0 unspecified atom stereocenters. The average Bonchev–Trinajstić information content (AvgIpc) is 3.01. The van der Waals surface area contributed by atoms with Crippen molar-refractivity contribution in [1.82, 2.24) is 14.8 Å². The summed E-state index contributed by atoms with van der Waals surface area (Å²) in [5.41, 5.74) is 2.83. The van der Waals surface area contributed by atoms with Gasteiger partial charge in [0.25, 0.3) is 0 Å². The van der Waals surface area contributed by atoms with Crippen LogP contribution in [0.25, 0.3) is 11.4 Å². The Kier molecular flexibility index (Phi) is 5.48. The molecule has 0 saturated heterocycles. The van der Waals surface area contributed by atoms with E-state index in [-0.39, 0.29) is 5.91 Å². The van der Waals surface area contributed by atoms with Crippen molar-refractivity contribution in [2.45, 2.75) is 19.9 Å². The molecule has 2 aromatic carbocycles. The fourth-order valence-electron chi connectivity index (χ4n) is 2.64. The number of hydrogen-bond acceptors (Lipinski definition) is 4. The van der Waals surface area contributed by atoms with Gasteiger partial charge in [-0.1, -0.05) is 23.8 Å². The molecule has 0 saturated carbocycles. The lowest BCUT2D eigenvalue weighted by molar-refractivity contribution is -0.116. The highest BCUT2D eigenvalue weighted by Gasteiger charge is 2.11. The van der Waals surface area contributed by atoms with Crippen LogP contribution in [0, 0.1) is 11.7 Å². The molecule has 1 aromatic heterocycles. The second-order valence-corrected chi connectivity index (χ2v) is 6.29. The van der Waals surface area contributed by atoms with Crippen molar-refractivity contribution in [2.75, 3.05) is 12.4 Å². The number of aryl methyl sites for hydroxylation is 1. The molecule has 0 bridgehead atoms. The minimum atomic E-state index is -0.0894. The molecule has 1 amide bonds. The number of carbonyl (C=O) groups is 1. The molecule has 26 heavy (non-hydrogen) atoms. The largest absolute Gasteiger partial charge is 0.497 e.